The second-order valence-corrected chi connectivity index (χ2v) is 9.24. The summed E-state index contributed by atoms with van der Waals surface area (Å²) in [6.45, 7) is 4.90. The van der Waals surface area contributed by atoms with E-state index in [0.29, 0.717) is 6.42 Å². The molecule has 1 aliphatic rings. The van der Waals surface area contributed by atoms with Crippen molar-refractivity contribution >= 4 is 5.78 Å². The van der Waals surface area contributed by atoms with Crippen molar-refractivity contribution in [2.75, 3.05) is 0 Å². The molecule has 31 heavy (non-hydrogen) atoms. The third kappa shape index (κ3) is 5.31. The van der Waals surface area contributed by atoms with E-state index in [4.69, 9.17) is 0 Å². The summed E-state index contributed by atoms with van der Waals surface area (Å²) >= 11 is 0. The van der Waals surface area contributed by atoms with Gasteiger partial charge in [-0.3, -0.25) is 4.79 Å². The van der Waals surface area contributed by atoms with E-state index < -0.39 is 84.4 Å². The van der Waals surface area contributed by atoms with Gasteiger partial charge < -0.3 is 10.2 Å². The van der Waals surface area contributed by atoms with E-state index in [1.807, 2.05) is 0 Å². The minimum atomic E-state index is -6.22. The lowest BCUT2D eigenvalue weighted by Crippen LogP contribution is -2.64. The Morgan fingerprint density at radius 3 is 1.55 bits per heavy atom. The number of carbonyl (C=O) groups is 1. The van der Waals surface area contributed by atoms with Crippen LogP contribution < -0.4 is 0 Å². The van der Waals surface area contributed by atoms with Gasteiger partial charge in [0.15, 0.2) is 5.60 Å². The highest BCUT2D eigenvalue weighted by Gasteiger charge is 2.74. The van der Waals surface area contributed by atoms with Crippen molar-refractivity contribution in [3.8, 4) is 0 Å². The molecular weight excluding hydrogens is 447 g/mol. The molecule has 0 aromatic carbocycles. The van der Waals surface area contributed by atoms with Crippen LogP contribution in [-0.2, 0) is 4.79 Å². The van der Waals surface area contributed by atoms with Crippen LogP contribution in [0.5, 0.6) is 0 Å². The van der Waals surface area contributed by atoms with E-state index in [1.54, 1.807) is 6.92 Å². The van der Waals surface area contributed by atoms with Crippen molar-refractivity contribution in [1.82, 2.24) is 0 Å². The van der Waals surface area contributed by atoms with Crippen LogP contribution in [0.2, 0.25) is 0 Å². The molecule has 0 spiro atoms. The van der Waals surface area contributed by atoms with Crippen molar-refractivity contribution < 1.29 is 54.5 Å². The van der Waals surface area contributed by atoms with Gasteiger partial charge in [0.1, 0.15) is 5.78 Å². The quantitative estimate of drug-likeness (QED) is 0.494. The summed E-state index contributed by atoms with van der Waals surface area (Å²) in [5.74, 6) is -6.65. The van der Waals surface area contributed by atoms with Crippen LogP contribution in [0.3, 0.4) is 0 Å². The van der Waals surface area contributed by atoms with Crippen molar-refractivity contribution in [1.29, 1.82) is 0 Å². The molecule has 1 saturated carbocycles. The van der Waals surface area contributed by atoms with Gasteiger partial charge in [-0.05, 0) is 44.4 Å². The van der Waals surface area contributed by atoms with Gasteiger partial charge in [0.2, 0.25) is 0 Å². The van der Waals surface area contributed by atoms with Crippen LogP contribution in [-0.4, -0.2) is 45.7 Å². The number of aliphatic hydroxyl groups is 2. The molecule has 4 unspecified atom stereocenters. The summed E-state index contributed by atoms with van der Waals surface area (Å²) < 4.78 is 120. The Labute approximate surface area is 174 Å². The average Bonchev–Trinajstić information content (AvgIpc) is 2.57. The first-order chi connectivity index (χ1) is 13.5. The molecule has 3 nitrogen and oxygen atoms in total. The summed E-state index contributed by atoms with van der Waals surface area (Å²) in [6, 6.07) is 0. The smallest absolute Gasteiger partial charge is 0.380 e. The van der Waals surface area contributed by atoms with Gasteiger partial charge in [-0.2, -0.15) is 39.5 Å². The number of hydrogen-bond donors (Lipinski definition) is 2. The molecule has 1 rings (SSSR count). The van der Waals surface area contributed by atoms with Crippen LogP contribution in [0.4, 0.5) is 39.5 Å². The zero-order valence-electron chi connectivity index (χ0n) is 17.5. The Morgan fingerprint density at radius 1 is 0.774 bits per heavy atom. The summed E-state index contributed by atoms with van der Waals surface area (Å²) in [7, 11) is 0. The van der Waals surface area contributed by atoms with Gasteiger partial charge >= 0.3 is 18.5 Å². The maximum absolute atomic E-state index is 13.4. The number of alkyl halides is 9. The van der Waals surface area contributed by atoms with Crippen LogP contribution >= 0.6 is 0 Å². The summed E-state index contributed by atoms with van der Waals surface area (Å²) in [5, 5.41) is 19.7. The first-order valence-electron chi connectivity index (χ1n) is 9.70. The lowest BCUT2D eigenvalue weighted by Gasteiger charge is -2.48. The summed E-state index contributed by atoms with van der Waals surface area (Å²) in [4.78, 5) is 12.5. The number of rotatable bonds is 6. The topological polar surface area (TPSA) is 57.5 Å². The molecule has 0 aromatic heterocycles. The molecule has 4 atom stereocenters. The fourth-order valence-corrected chi connectivity index (χ4v) is 3.99. The number of carbonyl (C=O) groups excluding carboxylic acids is 1. The molecule has 2 N–H and O–H groups in total. The predicted molar refractivity (Wildman–Crippen MR) is 91.8 cm³/mol. The third-order valence-electron chi connectivity index (χ3n) is 6.74. The Bertz CT molecular complexity index is 633. The van der Waals surface area contributed by atoms with Gasteiger partial charge in [0.25, 0.3) is 5.60 Å². The monoisotopic (exact) mass is 474 g/mol. The highest BCUT2D eigenvalue weighted by molar-refractivity contribution is 5.84. The molecule has 0 radical (unpaired) electrons. The van der Waals surface area contributed by atoms with Gasteiger partial charge in [-0.25, -0.2) is 0 Å². The molecule has 0 aromatic rings. The Kier molecular flexibility index (Phi) is 7.57. The largest absolute Gasteiger partial charge is 0.426 e. The normalized spacial score (nSPS) is 26.5. The maximum atomic E-state index is 13.4. The lowest BCUT2D eigenvalue weighted by molar-refractivity contribution is -0.391. The van der Waals surface area contributed by atoms with Gasteiger partial charge in [0.05, 0.1) is 0 Å². The van der Waals surface area contributed by atoms with E-state index in [1.165, 1.54) is 13.8 Å². The van der Waals surface area contributed by atoms with Crippen molar-refractivity contribution in [3.63, 3.8) is 0 Å². The molecule has 1 aliphatic carbocycles. The lowest BCUT2D eigenvalue weighted by atomic mass is 9.62. The molecular formula is C19H27F9O3. The molecule has 0 heterocycles. The molecule has 0 bridgehead atoms. The fraction of sp³-hybridized carbons (Fsp3) is 0.947. The first kappa shape index (κ1) is 28.0. The van der Waals surface area contributed by atoms with E-state index in [9.17, 15) is 54.5 Å². The molecule has 0 aliphatic heterocycles. The second-order valence-electron chi connectivity index (χ2n) is 9.24. The maximum Gasteiger partial charge on any atom is 0.426 e. The predicted octanol–water partition coefficient (Wildman–Crippen LogP) is 5.58. The van der Waals surface area contributed by atoms with Crippen LogP contribution in [0.15, 0.2) is 0 Å². The van der Waals surface area contributed by atoms with E-state index >= 15 is 0 Å². The highest BCUT2D eigenvalue weighted by Crippen LogP contribution is 2.56. The highest BCUT2D eigenvalue weighted by atomic mass is 19.4. The second kappa shape index (κ2) is 8.39. The number of ketones is 1. The average molecular weight is 474 g/mol. The van der Waals surface area contributed by atoms with E-state index in [0.717, 1.165) is 0 Å². The molecule has 0 amide bonds. The zero-order chi connectivity index (χ0) is 24.8. The van der Waals surface area contributed by atoms with Gasteiger partial charge in [-0.15, -0.1) is 0 Å². The van der Waals surface area contributed by atoms with Crippen LogP contribution in [0, 0.1) is 23.2 Å². The van der Waals surface area contributed by atoms with E-state index in [2.05, 4.69) is 0 Å². The van der Waals surface area contributed by atoms with Crippen molar-refractivity contribution in [3.05, 3.63) is 0 Å². The molecule has 1 fully saturated rings. The number of Topliss-reactive ketones (excluding diaryl/α,β-unsaturated/α-hetero) is 1. The minimum Gasteiger partial charge on any atom is -0.380 e. The van der Waals surface area contributed by atoms with Crippen LogP contribution in [0.1, 0.15) is 59.8 Å². The first-order valence-corrected chi connectivity index (χ1v) is 9.70. The Balaban J connectivity index is 3.47. The summed E-state index contributed by atoms with van der Waals surface area (Å²) in [6.07, 6.45) is -21.0. The van der Waals surface area contributed by atoms with Crippen molar-refractivity contribution in [2.24, 2.45) is 23.2 Å². The van der Waals surface area contributed by atoms with Crippen molar-refractivity contribution in [2.45, 2.75) is 89.5 Å². The molecule has 0 saturated heterocycles. The van der Waals surface area contributed by atoms with Crippen LogP contribution in [0.25, 0.3) is 0 Å². The Hall–Kier alpha value is -1.04. The molecule has 12 heteroatoms. The third-order valence-corrected chi connectivity index (χ3v) is 6.74. The van der Waals surface area contributed by atoms with E-state index in [-0.39, 0.29) is 6.92 Å². The van der Waals surface area contributed by atoms with Gasteiger partial charge in [0, 0.05) is 17.8 Å². The minimum absolute atomic E-state index is 0.273. The van der Waals surface area contributed by atoms with Gasteiger partial charge in [-0.1, -0.05) is 20.8 Å². The fourth-order valence-electron chi connectivity index (χ4n) is 3.99. The molecule has 184 valence electrons. The zero-order valence-corrected chi connectivity index (χ0v) is 17.5. The number of halogens is 9. The summed E-state index contributed by atoms with van der Waals surface area (Å²) in [5.41, 5.74) is -9.87. The standard InChI is InChI=1S/C19H27F9O3/c1-5-14(2,3)13(29)8-10-6-11(15(4,30)17(20,21)22)9-12(7-10)16(31,18(23,24)25)19(26,27)28/h10-12,30-31H,5-9H2,1-4H3. The Morgan fingerprint density at radius 2 is 1.19 bits per heavy atom. The SMILES string of the molecule is CCC(C)(C)C(=O)CC1CC(C(C)(O)C(F)(F)F)CC(C(O)(C(F)(F)F)C(F)(F)F)C1. The number of hydrogen-bond acceptors (Lipinski definition) is 3.